The zero-order valence-electron chi connectivity index (χ0n) is 7.40. The zero-order valence-corrected chi connectivity index (χ0v) is 7.40. The van der Waals surface area contributed by atoms with Crippen LogP contribution in [0.25, 0.3) is 0 Å². The molecule has 0 spiro atoms. The molecule has 0 aromatic heterocycles. The number of nitrogens with zero attached hydrogens (tertiary/aromatic N) is 1. The van der Waals surface area contributed by atoms with Crippen LogP contribution in [0.4, 0.5) is 0 Å². The van der Waals surface area contributed by atoms with E-state index in [1.165, 1.54) is 6.42 Å². The van der Waals surface area contributed by atoms with E-state index < -0.39 is 6.10 Å². The van der Waals surface area contributed by atoms with Crippen LogP contribution in [0.15, 0.2) is 11.9 Å². The number of rotatable bonds is 3. The largest absolute Gasteiger partial charge is 0.399 e. The molecule has 1 saturated carbocycles. The van der Waals surface area contributed by atoms with Gasteiger partial charge >= 0.3 is 0 Å². The van der Waals surface area contributed by atoms with Crippen molar-refractivity contribution < 1.29 is 5.11 Å². The van der Waals surface area contributed by atoms with Gasteiger partial charge in [0.1, 0.15) is 0 Å². The van der Waals surface area contributed by atoms with Gasteiger partial charge in [-0.25, -0.2) is 5.84 Å². The molecule has 0 aromatic carbocycles. The highest BCUT2D eigenvalue weighted by molar-refractivity contribution is 5.01. The monoisotopic (exact) mass is 171 g/mol. The van der Waals surface area contributed by atoms with E-state index in [0.29, 0.717) is 11.7 Å². The van der Waals surface area contributed by atoms with Crippen molar-refractivity contribution in [2.24, 2.45) is 11.6 Å². The second-order valence-electron chi connectivity index (χ2n) is 3.34. The Morgan fingerprint density at radius 2 is 2.25 bits per heavy atom. The van der Waals surface area contributed by atoms with Crippen LogP contribution in [0, 0.1) is 0 Å². The van der Waals surface area contributed by atoms with E-state index in [2.05, 4.69) is 0 Å². The molecule has 0 bridgehead atoms. The van der Waals surface area contributed by atoms with Gasteiger partial charge in [-0.05, 0) is 26.2 Å². The number of aliphatic hydroxyl groups excluding tert-OH is 1. The van der Waals surface area contributed by atoms with E-state index in [-0.39, 0.29) is 0 Å². The molecule has 1 aliphatic carbocycles. The molecule has 5 N–H and O–H groups in total. The first-order valence-corrected chi connectivity index (χ1v) is 4.29. The number of hydrazine groups is 1. The highest BCUT2D eigenvalue weighted by Gasteiger charge is 2.21. The van der Waals surface area contributed by atoms with Gasteiger partial charge in [0.2, 0.25) is 0 Å². The summed E-state index contributed by atoms with van der Waals surface area (Å²) in [4.78, 5) is 0. The topological polar surface area (TPSA) is 75.5 Å². The minimum atomic E-state index is -0.615. The lowest BCUT2D eigenvalue weighted by atomic mass is 9.93. The van der Waals surface area contributed by atoms with Gasteiger partial charge in [-0.1, -0.05) is 0 Å². The third-order valence-corrected chi connectivity index (χ3v) is 2.28. The molecule has 1 atom stereocenters. The number of hydrogen-bond donors (Lipinski definition) is 3. The van der Waals surface area contributed by atoms with Crippen molar-refractivity contribution in [3.8, 4) is 0 Å². The average Bonchev–Trinajstić information content (AvgIpc) is 1.82. The maximum atomic E-state index is 9.07. The maximum Gasteiger partial charge on any atom is 0.0919 e. The molecular formula is C8H17N3O. The van der Waals surface area contributed by atoms with Gasteiger partial charge in [0.15, 0.2) is 0 Å². The van der Waals surface area contributed by atoms with Gasteiger partial charge in [-0.2, -0.15) is 0 Å². The Labute approximate surface area is 72.8 Å². The van der Waals surface area contributed by atoms with Crippen LogP contribution in [0.1, 0.15) is 26.2 Å². The predicted molar refractivity (Wildman–Crippen MR) is 47.6 cm³/mol. The normalized spacial score (nSPS) is 21.8. The molecule has 4 nitrogen and oxygen atoms in total. The molecule has 12 heavy (non-hydrogen) atoms. The molecule has 0 aliphatic heterocycles. The Morgan fingerprint density at radius 3 is 2.58 bits per heavy atom. The fourth-order valence-corrected chi connectivity index (χ4v) is 1.07. The van der Waals surface area contributed by atoms with Gasteiger partial charge in [-0.15, -0.1) is 0 Å². The summed E-state index contributed by atoms with van der Waals surface area (Å²) in [5.74, 6) is 5.68. The van der Waals surface area contributed by atoms with E-state index in [9.17, 15) is 0 Å². The second kappa shape index (κ2) is 3.78. The highest BCUT2D eigenvalue weighted by Crippen LogP contribution is 2.22. The first kappa shape index (κ1) is 9.35. The Kier molecular flexibility index (Phi) is 2.94. The summed E-state index contributed by atoms with van der Waals surface area (Å²) in [6.07, 6.45) is 4.49. The molecule has 0 amide bonds. The summed E-state index contributed by atoms with van der Waals surface area (Å²) < 4.78 is 0. The van der Waals surface area contributed by atoms with Gasteiger partial charge < -0.3 is 15.8 Å². The van der Waals surface area contributed by atoms with Gasteiger partial charge in [0.05, 0.1) is 11.8 Å². The molecule has 1 aliphatic rings. The van der Waals surface area contributed by atoms with Crippen LogP contribution in [-0.4, -0.2) is 22.3 Å². The van der Waals surface area contributed by atoms with Crippen molar-refractivity contribution in [3.05, 3.63) is 11.9 Å². The summed E-state index contributed by atoms with van der Waals surface area (Å²) in [6, 6.07) is 0.419. The quantitative estimate of drug-likeness (QED) is 0.409. The Morgan fingerprint density at radius 1 is 1.67 bits per heavy atom. The van der Waals surface area contributed by atoms with E-state index in [1.54, 1.807) is 18.1 Å². The minimum absolute atomic E-state index is 0.419. The molecule has 1 rings (SSSR count). The fourth-order valence-electron chi connectivity index (χ4n) is 1.07. The van der Waals surface area contributed by atoms with E-state index in [0.717, 1.165) is 12.8 Å². The van der Waals surface area contributed by atoms with E-state index in [1.807, 2.05) is 0 Å². The highest BCUT2D eigenvalue weighted by atomic mass is 16.3. The van der Waals surface area contributed by atoms with Crippen molar-refractivity contribution in [2.75, 3.05) is 0 Å². The van der Waals surface area contributed by atoms with Crippen LogP contribution >= 0.6 is 0 Å². The fraction of sp³-hybridized carbons (Fsp3) is 0.750. The summed E-state index contributed by atoms with van der Waals surface area (Å²) in [5.41, 5.74) is 5.94. The van der Waals surface area contributed by atoms with Gasteiger partial charge in [0.25, 0.3) is 0 Å². The van der Waals surface area contributed by atoms with Crippen LogP contribution in [0.5, 0.6) is 0 Å². The molecule has 1 unspecified atom stereocenters. The van der Waals surface area contributed by atoms with Crippen molar-refractivity contribution >= 4 is 0 Å². The third kappa shape index (κ3) is 2.12. The lowest BCUT2D eigenvalue weighted by Gasteiger charge is -2.33. The van der Waals surface area contributed by atoms with Crippen molar-refractivity contribution in [1.29, 1.82) is 0 Å². The van der Waals surface area contributed by atoms with Crippen LogP contribution in [-0.2, 0) is 0 Å². The lowest BCUT2D eigenvalue weighted by Crippen LogP contribution is -2.42. The molecule has 4 heteroatoms. The number of nitrogens with two attached hydrogens (primary N) is 2. The summed E-state index contributed by atoms with van der Waals surface area (Å²) in [6.45, 7) is 1.63. The smallest absolute Gasteiger partial charge is 0.0919 e. The summed E-state index contributed by atoms with van der Waals surface area (Å²) >= 11 is 0. The summed E-state index contributed by atoms with van der Waals surface area (Å²) in [5, 5.41) is 10.7. The van der Waals surface area contributed by atoms with Gasteiger partial charge in [0, 0.05) is 12.2 Å². The number of hydrogen-bond acceptors (Lipinski definition) is 4. The standard InChI is InChI=1S/C8H17N3O/c1-6(12)8(9)5-11(10)7-3-2-4-7/h5-7,12H,2-4,9-10H2,1H3/b8-5-. The Hall–Kier alpha value is -0.740. The third-order valence-electron chi connectivity index (χ3n) is 2.28. The predicted octanol–water partition coefficient (Wildman–Crippen LogP) is -0.105. The van der Waals surface area contributed by atoms with Crippen LogP contribution in [0.3, 0.4) is 0 Å². The zero-order chi connectivity index (χ0) is 9.14. The molecule has 70 valence electrons. The Bertz CT molecular complexity index is 175. The SMILES string of the molecule is CC(O)/C(N)=C/N(N)C1CCC1. The molecule has 0 radical (unpaired) electrons. The number of aliphatic hydroxyl groups is 1. The molecule has 0 aromatic rings. The second-order valence-corrected chi connectivity index (χ2v) is 3.34. The van der Waals surface area contributed by atoms with Crippen molar-refractivity contribution in [2.45, 2.75) is 38.3 Å². The minimum Gasteiger partial charge on any atom is -0.399 e. The average molecular weight is 171 g/mol. The van der Waals surface area contributed by atoms with Crippen LogP contribution in [0.2, 0.25) is 0 Å². The summed E-state index contributed by atoms with van der Waals surface area (Å²) in [7, 11) is 0. The molecule has 1 fully saturated rings. The van der Waals surface area contributed by atoms with Crippen LogP contribution < -0.4 is 11.6 Å². The first-order chi connectivity index (χ1) is 5.61. The maximum absolute atomic E-state index is 9.07. The van der Waals surface area contributed by atoms with E-state index in [4.69, 9.17) is 16.7 Å². The lowest BCUT2D eigenvalue weighted by molar-refractivity contribution is 0.177. The van der Waals surface area contributed by atoms with E-state index >= 15 is 0 Å². The first-order valence-electron chi connectivity index (χ1n) is 4.29. The molecular weight excluding hydrogens is 154 g/mol. The van der Waals surface area contributed by atoms with Gasteiger partial charge in [-0.3, -0.25) is 0 Å². The van der Waals surface area contributed by atoms with Crippen molar-refractivity contribution in [1.82, 2.24) is 5.01 Å². The molecule has 0 saturated heterocycles. The molecule has 0 heterocycles. The Balaban J connectivity index is 2.41. The van der Waals surface area contributed by atoms with Crippen molar-refractivity contribution in [3.63, 3.8) is 0 Å².